The van der Waals surface area contributed by atoms with Gasteiger partial charge in [-0.2, -0.15) is 0 Å². The van der Waals surface area contributed by atoms with Crippen LogP contribution in [0.3, 0.4) is 0 Å². The molecule has 0 saturated carbocycles. The molecule has 1 fully saturated rings. The minimum absolute atomic E-state index is 0.0686. The maximum Gasteiger partial charge on any atom is 0.317 e. The van der Waals surface area contributed by atoms with E-state index in [1.807, 2.05) is 24.3 Å². The molecule has 5 heteroatoms. The number of likely N-dealkylation sites (tertiary alicyclic amines) is 1. The van der Waals surface area contributed by atoms with Gasteiger partial charge in [0.1, 0.15) is 5.75 Å². The van der Waals surface area contributed by atoms with Crippen molar-refractivity contribution >= 4 is 6.03 Å². The second-order valence-electron chi connectivity index (χ2n) is 7.76. The van der Waals surface area contributed by atoms with Crippen LogP contribution in [-0.2, 0) is 0 Å². The van der Waals surface area contributed by atoms with Crippen LogP contribution in [0.15, 0.2) is 24.3 Å². The van der Waals surface area contributed by atoms with Crippen LogP contribution >= 0.6 is 0 Å². The summed E-state index contributed by atoms with van der Waals surface area (Å²) in [7, 11) is 1.64. The smallest absolute Gasteiger partial charge is 0.317 e. The van der Waals surface area contributed by atoms with Crippen molar-refractivity contribution in [1.82, 2.24) is 10.2 Å². The number of carbonyl (C=O) groups excluding carboxylic acids is 1. The predicted octanol–water partition coefficient (Wildman–Crippen LogP) is 3.19. The number of rotatable bonds is 4. The number of carbonyl (C=O) groups is 1. The van der Waals surface area contributed by atoms with Crippen LogP contribution in [0.25, 0.3) is 0 Å². The van der Waals surface area contributed by atoms with Gasteiger partial charge in [-0.1, -0.05) is 32.9 Å². The fourth-order valence-electron chi connectivity index (χ4n) is 3.20. The molecular weight excluding hydrogens is 304 g/mol. The van der Waals surface area contributed by atoms with Crippen molar-refractivity contribution in [3.8, 4) is 5.75 Å². The highest BCUT2D eigenvalue weighted by Gasteiger charge is 2.33. The Kier molecular flexibility index (Phi) is 5.75. The van der Waals surface area contributed by atoms with Gasteiger partial charge >= 0.3 is 6.03 Å². The molecule has 1 aliphatic rings. The Bertz CT molecular complexity index is 566. The molecule has 0 radical (unpaired) electrons. The average molecular weight is 334 g/mol. The Morgan fingerprint density at radius 3 is 2.67 bits per heavy atom. The Labute approximate surface area is 145 Å². The summed E-state index contributed by atoms with van der Waals surface area (Å²) in [5, 5.41) is 12.9. The van der Waals surface area contributed by atoms with Gasteiger partial charge in [-0.25, -0.2) is 4.79 Å². The van der Waals surface area contributed by atoms with Gasteiger partial charge in [0.05, 0.1) is 19.3 Å². The van der Waals surface area contributed by atoms with Gasteiger partial charge in [-0.05, 0) is 36.5 Å². The second-order valence-corrected chi connectivity index (χ2v) is 7.76. The van der Waals surface area contributed by atoms with E-state index in [4.69, 9.17) is 4.74 Å². The number of amides is 2. The van der Waals surface area contributed by atoms with Gasteiger partial charge in [0, 0.05) is 19.0 Å². The van der Waals surface area contributed by atoms with E-state index in [2.05, 4.69) is 26.1 Å². The van der Waals surface area contributed by atoms with Crippen molar-refractivity contribution in [3.63, 3.8) is 0 Å². The van der Waals surface area contributed by atoms with Crippen LogP contribution in [-0.4, -0.2) is 42.3 Å². The lowest BCUT2D eigenvalue weighted by atomic mass is 9.82. The molecule has 2 rings (SSSR count). The summed E-state index contributed by atoms with van der Waals surface area (Å²) in [4.78, 5) is 14.5. The number of urea groups is 1. The number of hydrogen-bond acceptors (Lipinski definition) is 3. The molecule has 1 aromatic carbocycles. The van der Waals surface area contributed by atoms with Crippen LogP contribution in [0.2, 0.25) is 0 Å². The first kappa shape index (κ1) is 18.6. The van der Waals surface area contributed by atoms with Crippen molar-refractivity contribution in [2.45, 2.75) is 46.3 Å². The largest absolute Gasteiger partial charge is 0.497 e. The van der Waals surface area contributed by atoms with E-state index in [-0.39, 0.29) is 29.5 Å². The number of hydrogen-bond donors (Lipinski definition) is 2. The van der Waals surface area contributed by atoms with Crippen molar-refractivity contribution in [2.24, 2.45) is 11.3 Å². The van der Waals surface area contributed by atoms with Gasteiger partial charge in [-0.15, -0.1) is 0 Å². The summed E-state index contributed by atoms with van der Waals surface area (Å²) in [6, 6.07) is 7.64. The topological polar surface area (TPSA) is 61.8 Å². The maximum atomic E-state index is 12.7. The predicted molar refractivity (Wildman–Crippen MR) is 95.1 cm³/mol. The SMILES string of the molecule is COc1cccc([C@H](NC(=O)N2CC[C@H]([C@@H](C)O)C2)C(C)(C)C)c1. The molecule has 3 atom stereocenters. The highest BCUT2D eigenvalue weighted by atomic mass is 16.5. The monoisotopic (exact) mass is 334 g/mol. The van der Waals surface area contributed by atoms with Crippen LogP contribution in [0.1, 0.15) is 45.7 Å². The molecule has 2 N–H and O–H groups in total. The first-order chi connectivity index (χ1) is 11.2. The molecule has 1 saturated heterocycles. The molecule has 2 amide bonds. The lowest BCUT2D eigenvalue weighted by Crippen LogP contribution is -2.44. The Morgan fingerprint density at radius 1 is 1.42 bits per heavy atom. The summed E-state index contributed by atoms with van der Waals surface area (Å²) in [5.41, 5.74) is 0.896. The van der Waals surface area contributed by atoms with Crippen molar-refractivity contribution < 1.29 is 14.6 Å². The van der Waals surface area contributed by atoms with Gasteiger partial charge < -0.3 is 20.1 Å². The van der Waals surface area contributed by atoms with Gasteiger partial charge in [0.25, 0.3) is 0 Å². The van der Waals surface area contributed by atoms with E-state index in [9.17, 15) is 9.90 Å². The first-order valence-electron chi connectivity index (χ1n) is 8.60. The van der Waals surface area contributed by atoms with Crippen molar-refractivity contribution in [1.29, 1.82) is 0 Å². The molecule has 0 aliphatic carbocycles. The van der Waals surface area contributed by atoms with E-state index in [0.717, 1.165) is 17.7 Å². The first-order valence-corrected chi connectivity index (χ1v) is 8.60. The number of nitrogens with one attached hydrogen (secondary N) is 1. The zero-order valence-electron chi connectivity index (χ0n) is 15.4. The fourth-order valence-corrected chi connectivity index (χ4v) is 3.20. The number of ether oxygens (including phenoxy) is 1. The lowest BCUT2D eigenvalue weighted by molar-refractivity contribution is 0.128. The van der Waals surface area contributed by atoms with E-state index in [0.29, 0.717) is 13.1 Å². The molecule has 24 heavy (non-hydrogen) atoms. The van der Waals surface area contributed by atoms with Crippen molar-refractivity contribution in [2.75, 3.05) is 20.2 Å². The van der Waals surface area contributed by atoms with E-state index < -0.39 is 0 Å². The molecule has 0 spiro atoms. The summed E-state index contributed by atoms with van der Waals surface area (Å²) < 4.78 is 5.31. The summed E-state index contributed by atoms with van der Waals surface area (Å²) >= 11 is 0. The molecule has 5 nitrogen and oxygen atoms in total. The fraction of sp³-hybridized carbons (Fsp3) is 0.632. The zero-order valence-corrected chi connectivity index (χ0v) is 15.4. The van der Waals surface area contributed by atoms with E-state index >= 15 is 0 Å². The second kappa shape index (κ2) is 7.43. The standard InChI is InChI=1S/C19H30N2O3/c1-13(22)15-9-10-21(12-15)18(23)20-17(19(2,3)4)14-7-6-8-16(11-14)24-5/h6-8,11,13,15,17,22H,9-10,12H2,1-5H3,(H,20,23)/t13-,15+,17+/m1/s1. The van der Waals surface area contributed by atoms with E-state index in [1.165, 1.54) is 0 Å². The van der Waals surface area contributed by atoms with Crippen LogP contribution in [0.4, 0.5) is 4.79 Å². The quantitative estimate of drug-likeness (QED) is 0.889. The molecule has 1 aliphatic heterocycles. The third-order valence-corrected chi connectivity index (χ3v) is 4.76. The number of aliphatic hydroxyl groups excluding tert-OH is 1. The molecule has 1 aromatic rings. The Balaban J connectivity index is 2.13. The maximum absolute atomic E-state index is 12.7. The molecular formula is C19H30N2O3. The average Bonchev–Trinajstić information content (AvgIpc) is 3.01. The summed E-state index contributed by atoms with van der Waals surface area (Å²) in [6.07, 6.45) is 0.476. The Morgan fingerprint density at radius 2 is 2.12 bits per heavy atom. The van der Waals surface area contributed by atoms with Crippen LogP contribution in [0, 0.1) is 11.3 Å². The summed E-state index contributed by atoms with van der Waals surface area (Å²) in [5.74, 6) is 0.951. The minimum atomic E-state index is -0.375. The lowest BCUT2D eigenvalue weighted by Gasteiger charge is -2.33. The van der Waals surface area contributed by atoms with Crippen molar-refractivity contribution in [3.05, 3.63) is 29.8 Å². The van der Waals surface area contributed by atoms with Gasteiger partial charge in [-0.3, -0.25) is 0 Å². The van der Waals surface area contributed by atoms with Crippen LogP contribution in [0.5, 0.6) is 5.75 Å². The zero-order chi connectivity index (χ0) is 17.9. The Hall–Kier alpha value is -1.75. The summed E-state index contributed by atoms with van der Waals surface area (Å²) in [6.45, 7) is 9.43. The normalized spacial score (nSPS) is 20.6. The number of methoxy groups -OCH3 is 1. The number of nitrogens with zero attached hydrogens (tertiary/aromatic N) is 1. The van der Waals surface area contributed by atoms with Gasteiger partial charge in [0.15, 0.2) is 0 Å². The minimum Gasteiger partial charge on any atom is -0.497 e. The molecule has 0 bridgehead atoms. The van der Waals surface area contributed by atoms with Gasteiger partial charge in [0.2, 0.25) is 0 Å². The third kappa shape index (κ3) is 4.41. The van der Waals surface area contributed by atoms with E-state index in [1.54, 1.807) is 18.9 Å². The molecule has 0 aromatic heterocycles. The highest BCUT2D eigenvalue weighted by Crippen LogP contribution is 2.34. The number of aliphatic hydroxyl groups is 1. The molecule has 0 unspecified atom stereocenters. The van der Waals surface area contributed by atoms with Crippen LogP contribution < -0.4 is 10.1 Å². The third-order valence-electron chi connectivity index (χ3n) is 4.76. The molecule has 134 valence electrons. The highest BCUT2D eigenvalue weighted by molar-refractivity contribution is 5.75. The number of benzene rings is 1. The molecule has 1 heterocycles.